The van der Waals surface area contributed by atoms with Gasteiger partial charge in [-0.15, -0.1) is 11.3 Å². The first-order chi connectivity index (χ1) is 11.7. The van der Waals surface area contributed by atoms with Crippen LogP contribution in [0.5, 0.6) is 5.75 Å². The van der Waals surface area contributed by atoms with Crippen LogP contribution in [-0.2, 0) is 17.8 Å². The summed E-state index contributed by atoms with van der Waals surface area (Å²) in [5.74, 6) is 1.02. The van der Waals surface area contributed by atoms with Crippen molar-refractivity contribution in [3.05, 3.63) is 46.4 Å². The van der Waals surface area contributed by atoms with Crippen molar-refractivity contribution in [1.82, 2.24) is 14.8 Å². The van der Waals surface area contributed by atoms with Crippen molar-refractivity contribution in [1.29, 1.82) is 0 Å². The number of carbonyl (C=O) groups is 1. The summed E-state index contributed by atoms with van der Waals surface area (Å²) in [6, 6.07) is 7.73. The van der Waals surface area contributed by atoms with E-state index in [4.69, 9.17) is 4.74 Å². The number of hydrogen-bond donors (Lipinski definition) is 0. The van der Waals surface area contributed by atoms with E-state index in [1.165, 1.54) is 0 Å². The van der Waals surface area contributed by atoms with E-state index >= 15 is 0 Å². The predicted molar refractivity (Wildman–Crippen MR) is 95.3 cm³/mol. The predicted octanol–water partition coefficient (Wildman–Crippen LogP) is 2.43. The van der Waals surface area contributed by atoms with Gasteiger partial charge in [-0.1, -0.05) is 12.1 Å². The molecule has 1 saturated heterocycles. The number of rotatable bonds is 5. The molecule has 0 unspecified atom stereocenters. The van der Waals surface area contributed by atoms with Gasteiger partial charge in [0.15, 0.2) is 0 Å². The minimum atomic E-state index is 0.204. The van der Waals surface area contributed by atoms with E-state index in [0.29, 0.717) is 6.42 Å². The van der Waals surface area contributed by atoms with Gasteiger partial charge in [-0.25, -0.2) is 4.98 Å². The Morgan fingerprint density at radius 3 is 2.75 bits per heavy atom. The number of amides is 1. The molecule has 0 spiro atoms. The van der Waals surface area contributed by atoms with Crippen molar-refractivity contribution in [2.45, 2.75) is 19.4 Å². The molecule has 0 radical (unpaired) electrons. The van der Waals surface area contributed by atoms with Crippen LogP contribution in [0.4, 0.5) is 0 Å². The highest BCUT2D eigenvalue weighted by Crippen LogP contribution is 2.14. The van der Waals surface area contributed by atoms with E-state index in [-0.39, 0.29) is 5.91 Å². The molecule has 1 aromatic carbocycles. The summed E-state index contributed by atoms with van der Waals surface area (Å²) < 4.78 is 5.16. The van der Waals surface area contributed by atoms with E-state index < -0.39 is 0 Å². The summed E-state index contributed by atoms with van der Waals surface area (Å²) in [6.45, 7) is 4.43. The van der Waals surface area contributed by atoms with E-state index in [0.717, 1.165) is 56.2 Å². The monoisotopic (exact) mass is 345 g/mol. The molecule has 24 heavy (non-hydrogen) atoms. The number of carbonyl (C=O) groups excluding carboxylic acids is 1. The lowest BCUT2D eigenvalue weighted by atomic mass is 10.1. The number of thiazole rings is 1. The molecule has 0 aliphatic carbocycles. The zero-order chi connectivity index (χ0) is 16.8. The molecule has 3 rings (SSSR count). The first-order valence-electron chi connectivity index (χ1n) is 8.25. The van der Waals surface area contributed by atoms with Crippen LogP contribution in [-0.4, -0.2) is 54.0 Å². The first kappa shape index (κ1) is 16.9. The molecular weight excluding hydrogens is 322 g/mol. The molecule has 1 aliphatic rings. The van der Waals surface area contributed by atoms with Gasteiger partial charge in [-0.05, 0) is 24.1 Å². The molecular formula is C18H23N3O2S. The third-order valence-electron chi connectivity index (χ3n) is 4.32. The number of benzene rings is 1. The summed E-state index contributed by atoms with van der Waals surface area (Å²) in [4.78, 5) is 21.3. The highest BCUT2D eigenvalue weighted by molar-refractivity contribution is 7.07. The van der Waals surface area contributed by atoms with E-state index in [9.17, 15) is 4.79 Å². The summed E-state index contributed by atoms with van der Waals surface area (Å²) >= 11 is 1.63. The van der Waals surface area contributed by atoms with E-state index in [1.807, 2.05) is 34.7 Å². The molecule has 1 fully saturated rings. The summed E-state index contributed by atoms with van der Waals surface area (Å²) in [7, 11) is 1.65. The van der Waals surface area contributed by atoms with Crippen molar-refractivity contribution in [2.75, 3.05) is 33.3 Å². The molecule has 5 nitrogen and oxygen atoms in total. The molecule has 6 heteroatoms. The first-order valence-corrected chi connectivity index (χ1v) is 9.19. The van der Waals surface area contributed by atoms with Gasteiger partial charge in [-0.3, -0.25) is 9.69 Å². The molecule has 1 aliphatic heterocycles. The van der Waals surface area contributed by atoms with Crippen LogP contribution >= 0.6 is 11.3 Å². The van der Waals surface area contributed by atoms with Gasteiger partial charge < -0.3 is 9.64 Å². The van der Waals surface area contributed by atoms with Crippen LogP contribution in [0.1, 0.15) is 17.7 Å². The number of aromatic nitrogens is 1. The molecule has 1 amide bonds. The smallest absolute Gasteiger partial charge is 0.227 e. The summed E-state index contributed by atoms with van der Waals surface area (Å²) in [6.07, 6.45) is 1.47. The number of hydrogen-bond acceptors (Lipinski definition) is 5. The van der Waals surface area contributed by atoms with E-state index in [1.54, 1.807) is 18.4 Å². The van der Waals surface area contributed by atoms with Crippen LogP contribution in [0.2, 0.25) is 0 Å². The summed E-state index contributed by atoms with van der Waals surface area (Å²) in [5.41, 5.74) is 4.03. The molecule has 0 bridgehead atoms. The molecule has 0 N–H and O–H groups in total. The van der Waals surface area contributed by atoms with Crippen LogP contribution in [0, 0.1) is 0 Å². The quantitative estimate of drug-likeness (QED) is 0.835. The second kappa shape index (κ2) is 8.26. The van der Waals surface area contributed by atoms with Gasteiger partial charge in [0.2, 0.25) is 5.91 Å². The largest absolute Gasteiger partial charge is 0.497 e. The SMILES string of the molecule is COc1ccc(CC(=O)N2CCCN(Cc3cscn3)CC2)cc1. The molecule has 128 valence electrons. The lowest BCUT2D eigenvalue weighted by Crippen LogP contribution is -2.36. The fourth-order valence-electron chi connectivity index (χ4n) is 2.95. The van der Waals surface area contributed by atoms with E-state index in [2.05, 4.69) is 15.3 Å². The van der Waals surface area contributed by atoms with Crippen LogP contribution in [0.3, 0.4) is 0 Å². The lowest BCUT2D eigenvalue weighted by molar-refractivity contribution is -0.130. The van der Waals surface area contributed by atoms with Gasteiger partial charge in [-0.2, -0.15) is 0 Å². The molecule has 1 aromatic heterocycles. The fraction of sp³-hybridized carbons (Fsp3) is 0.444. The zero-order valence-corrected chi connectivity index (χ0v) is 14.8. The Kier molecular flexibility index (Phi) is 5.82. The minimum Gasteiger partial charge on any atom is -0.497 e. The zero-order valence-electron chi connectivity index (χ0n) is 14.0. The Bertz CT molecular complexity index is 643. The Balaban J connectivity index is 1.51. The Morgan fingerprint density at radius 2 is 2.04 bits per heavy atom. The van der Waals surface area contributed by atoms with Gasteiger partial charge in [0.25, 0.3) is 0 Å². The molecule has 0 saturated carbocycles. The highest BCUT2D eigenvalue weighted by atomic mass is 32.1. The van der Waals surface area contributed by atoms with Crippen molar-refractivity contribution in [3.63, 3.8) is 0 Å². The standard InChI is InChI=1S/C18H23N3O2S/c1-23-17-5-3-15(4-6-17)11-18(22)21-8-2-7-20(9-10-21)12-16-13-24-14-19-16/h3-6,13-14H,2,7-12H2,1H3. The topological polar surface area (TPSA) is 45.7 Å². The Labute approximate surface area is 146 Å². The van der Waals surface area contributed by atoms with Crippen molar-refractivity contribution in [2.24, 2.45) is 0 Å². The van der Waals surface area contributed by atoms with Crippen molar-refractivity contribution >= 4 is 17.2 Å². The highest BCUT2D eigenvalue weighted by Gasteiger charge is 2.19. The molecule has 0 atom stereocenters. The minimum absolute atomic E-state index is 0.204. The normalized spacial score (nSPS) is 16.0. The van der Waals surface area contributed by atoms with Gasteiger partial charge in [0.1, 0.15) is 5.75 Å². The van der Waals surface area contributed by atoms with Crippen LogP contribution < -0.4 is 4.74 Å². The number of ether oxygens (including phenoxy) is 1. The van der Waals surface area contributed by atoms with Gasteiger partial charge in [0, 0.05) is 38.1 Å². The average molecular weight is 345 g/mol. The second-order valence-electron chi connectivity index (χ2n) is 6.02. The van der Waals surface area contributed by atoms with Crippen molar-refractivity contribution in [3.8, 4) is 5.75 Å². The maximum atomic E-state index is 12.6. The lowest BCUT2D eigenvalue weighted by Gasteiger charge is -2.21. The van der Waals surface area contributed by atoms with Crippen LogP contribution in [0.15, 0.2) is 35.2 Å². The maximum Gasteiger partial charge on any atom is 0.227 e. The molecule has 2 heterocycles. The Hall–Kier alpha value is -1.92. The number of nitrogens with zero attached hydrogens (tertiary/aromatic N) is 3. The Morgan fingerprint density at radius 1 is 1.21 bits per heavy atom. The van der Waals surface area contributed by atoms with Crippen molar-refractivity contribution < 1.29 is 9.53 Å². The second-order valence-corrected chi connectivity index (χ2v) is 6.73. The third-order valence-corrected chi connectivity index (χ3v) is 4.96. The molecule has 2 aromatic rings. The third kappa shape index (κ3) is 4.55. The summed E-state index contributed by atoms with van der Waals surface area (Å²) in [5, 5.41) is 2.09. The van der Waals surface area contributed by atoms with Gasteiger partial charge >= 0.3 is 0 Å². The average Bonchev–Trinajstić information content (AvgIpc) is 2.99. The van der Waals surface area contributed by atoms with Crippen LogP contribution in [0.25, 0.3) is 0 Å². The number of methoxy groups -OCH3 is 1. The fourth-order valence-corrected chi connectivity index (χ4v) is 3.50. The van der Waals surface area contributed by atoms with Gasteiger partial charge in [0.05, 0.1) is 24.7 Å². The maximum absolute atomic E-state index is 12.6.